The van der Waals surface area contributed by atoms with Gasteiger partial charge in [0.1, 0.15) is 5.76 Å². The molecule has 0 unspecified atom stereocenters. The number of fused-ring (bicyclic) bond motifs is 2. The molecular weight excluding hydrogens is 224 g/mol. The van der Waals surface area contributed by atoms with Crippen molar-refractivity contribution in [2.45, 2.75) is 6.92 Å². The van der Waals surface area contributed by atoms with Crippen LogP contribution in [-0.4, -0.2) is 23.5 Å². The molecule has 0 spiro atoms. The van der Waals surface area contributed by atoms with Gasteiger partial charge in [0.25, 0.3) is 0 Å². The van der Waals surface area contributed by atoms with Crippen LogP contribution in [0.5, 0.6) is 11.5 Å². The number of Topliss-reactive ketones (excluding diaryl/α,β-unsaturated/α-hetero) is 2. The maximum absolute atomic E-state index is 11.8. The summed E-state index contributed by atoms with van der Waals surface area (Å²) in [6, 6.07) is 2.95. The minimum Gasteiger partial charge on any atom is -0.507 e. The molecule has 5 heteroatoms. The normalized spacial score (nSPS) is 17.5. The van der Waals surface area contributed by atoms with E-state index < -0.39 is 11.6 Å². The molecule has 0 saturated heterocycles. The highest BCUT2D eigenvalue weighted by atomic mass is 16.7. The average molecular weight is 232 g/mol. The third-order valence-corrected chi connectivity index (χ3v) is 2.91. The van der Waals surface area contributed by atoms with Gasteiger partial charge in [-0.1, -0.05) is 0 Å². The summed E-state index contributed by atoms with van der Waals surface area (Å²) in [4.78, 5) is 23.3. The summed E-state index contributed by atoms with van der Waals surface area (Å²) in [5, 5.41) is 9.86. The van der Waals surface area contributed by atoms with Gasteiger partial charge in [0.15, 0.2) is 11.5 Å². The Morgan fingerprint density at radius 1 is 1.06 bits per heavy atom. The van der Waals surface area contributed by atoms with Crippen molar-refractivity contribution in [2.24, 2.45) is 0 Å². The maximum Gasteiger partial charge on any atom is 0.234 e. The molecule has 1 N–H and O–H groups in total. The molecule has 0 fully saturated rings. The van der Waals surface area contributed by atoms with E-state index in [1.54, 1.807) is 0 Å². The van der Waals surface area contributed by atoms with Gasteiger partial charge in [0.05, 0.1) is 0 Å². The summed E-state index contributed by atoms with van der Waals surface area (Å²) in [5.74, 6) is -0.618. The molecule has 1 heterocycles. The summed E-state index contributed by atoms with van der Waals surface area (Å²) >= 11 is 0. The van der Waals surface area contributed by atoms with Crippen LogP contribution < -0.4 is 9.47 Å². The topological polar surface area (TPSA) is 72.8 Å². The van der Waals surface area contributed by atoms with Crippen LogP contribution >= 0.6 is 0 Å². The van der Waals surface area contributed by atoms with Gasteiger partial charge in [-0.05, 0) is 19.1 Å². The lowest BCUT2D eigenvalue weighted by Gasteiger charge is -2.15. The Balaban J connectivity index is 2.31. The van der Waals surface area contributed by atoms with Crippen molar-refractivity contribution in [3.63, 3.8) is 0 Å². The van der Waals surface area contributed by atoms with Crippen molar-refractivity contribution in [1.82, 2.24) is 0 Å². The van der Waals surface area contributed by atoms with Gasteiger partial charge in [-0.15, -0.1) is 0 Å². The third-order valence-electron chi connectivity index (χ3n) is 2.91. The first-order valence-electron chi connectivity index (χ1n) is 5.02. The molecular formula is C12H8O5. The molecule has 0 saturated carbocycles. The predicted molar refractivity (Wildman–Crippen MR) is 57.1 cm³/mol. The van der Waals surface area contributed by atoms with Gasteiger partial charge >= 0.3 is 0 Å². The highest BCUT2D eigenvalue weighted by Crippen LogP contribution is 2.39. The molecule has 86 valence electrons. The molecule has 0 radical (unpaired) electrons. The van der Waals surface area contributed by atoms with Crippen molar-refractivity contribution < 1.29 is 24.2 Å². The largest absolute Gasteiger partial charge is 0.507 e. The van der Waals surface area contributed by atoms with Gasteiger partial charge in [0.2, 0.25) is 18.4 Å². The zero-order valence-electron chi connectivity index (χ0n) is 8.94. The quantitative estimate of drug-likeness (QED) is 0.685. The number of hydrogen-bond acceptors (Lipinski definition) is 5. The van der Waals surface area contributed by atoms with E-state index >= 15 is 0 Å². The number of hydrogen-bond donors (Lipinski definition) is 1. The molecule has 1 aliphatic carbocycles. The summed E-state index contributed by atoms with van der Waals surface area (Å²) in [7, 11) is 0. The summed E-state index contributed by atoms with van der Waals surface area (Å²) < 4.78 is 10.3. The Morgan fingerprint density at radius 3 is 2.29 bits per heavy atom. The second kappa shape index (κ2) is 3.10. The summed E-state index contributed by atoms with van der Waals surface area (Å²) in [6.07, 6.45) is 0. The van der Waals surface area contributed by atoms with E-state index in [-0.39, 0.29) is 23.7 Å². The second-order valence-electron chi connectivity index (χ2n) is 3.88. The predicted octanol–water partition coefficient (Wildman–Crippen LogP) is 1.47. The number of aliphatic hydroxyl groups is 1. The Labute approximate surface area is 96.3 Å². The molecule has 5 nitrogen and oxygen atoms in total. The molecule has 0 amide bonds. The van der Waals surface area contributed by atoms with Crippen molar-refractivity contribution in [2.75, 3.05) is 6.79 Å². The number of benzene rings is 1. The van der Waals surface area contributed by atoms with E-state index in [1.807, 2.05) is 0 Å². The fraction of sp³-hybridized carbons (Fsp3) is 0.167. The first-order chi connectivity index (χ1) is 8.09. The molecule has 0 bridgehead atoms. The van der Waals surface area contributed by atoms with Crippen LogP contribution in [-0.2, 0) is 4.79 Å². The van der Waals surface area contributed by atoms with Crippen LogP contribution in [0.15, 0.2) is 17.7 Å². The highest BCUT2D eigenvalue weighted by molar-refractivity contribution is 6.52. The Morgan fingerprint density at radius 2 is 1.65 bits per heavy atom. The minimum absolute atomic E-state index is 0.0568. The van der Waals surface area contributed by atoms with Gasteiger partial charge in [-0.25, -0.2) is 0 Å². The zero-order chi connectivity index (χ0) is 12.2. The van der Waals surface area contributed by atoms with Crippen LogP contribution in [0.25, 0.3) is 5.76 Å². The van der Waals surface area contributed by atoms with Crippen molar-refractivity contribution in [3.05, 3.63) is 28.8 Å². The molecule has 1 aromatic carbocycles. The smallest absolute Gasteiger partial charge is 0.234 e. The van der Waals surface area contributed by atoms with Gasteiger partial charge in [0, 0.05) is 16.7 Å². The Kier molecular flexibility index (Phi) is 1.80. The molecule has 3 rings (SSSR count). The lowest BCUT2D eigenvalue weighted by molar-refractivity contribution is -0.111. The first-order valence-corrected chi connectivity index (χ1v) is 5.02. The first kappa shape index (κ1) is 9.89. The fourth-order valence-corrected chi connectivity index (χ4v) is 1.93. The summed E-state index contributed by atoms with van der Waals surface area (Å²) in [5.41, 5.74) is 0.528. The maximum atomic E-state index is 11.8. The highest BCUT2D eigenvalue weighted by Gasteiger charge is 2.32. The Bertz CT molecular complexity index is 597. The van der Waals surface area contributed by atoms with Crippen molar-refractivity contribution in [1.29, 1.82) is 0 Å². The minimum atomic E-state index is -0.686. The van der Waals surface area contributed by atoms with E-state index in [0.717, 1.165) is 0 Å². The SMILES string of the molecule is CC1=C(O)c2cc3c(cc2C(=O)C1=O)OCO3. The van der Waals surface area contributed by atoms with Crippen LogP contribution in [0.4, 0.5) is 0 Å². The molecule has 0 atom stereocenters. The number of ether oxygens (including phenoxy) is 2. The zero-order valence-corrected chi connectivity index (χ0v) is 8.94. The second-order valence-corrected chi connectivity index (χ2v) is 3.88. The number of aliphatic hydroxyl groups excluding tert-OH is 1. The number of carbonyl (C=O) groups excluding carboxylic acids is 2. The lowest BCUT2D eigenvalue weighted by atomic mass is 9.89. The van der Waals surface area contributed by atoms with E-state index in [0.29, 0.717) is 17.1 Å². The molecule has 0 aromatic heterocycles. The summed E-state index contributed by atoms with van der Waals surface area (Å²) in [6.45, 7) is 1.49. The van der Waals surface area contributed by atoms with Gasteiger partial charge < -0.3 is 14.6 Å². The van der Waals surface area contributed by atoms with Crippen LogP contribution in [0.1, 0.15) is 22.8 Å². The lowest BCUT2D eigenvalue weighted by Crippen LogP contribution is -2.22. The molecule has 2 aliphatic rings. The number of carbonyl (C=O) groups is 2. The Hall–Kier alpha value is -2.30. The number of rotatable bonds is 0. The van der Waals surface area contributed by atoms with E-state index in [1.165, 1.54) is 19.1 Å². The monoisotopic (exact) mass is 232 g/mol. The van der Waals surface area contributed by atoms with E-state index in [2.05, 4.69) is 0 Å². The van der Waals surface area contributed by atoms with Crippen LogP contribution in [0, 0.1) is 0 Å². The number of allylic oxidation sites excluding steroid dienone is 1. The third kappa shape index (κ3) is 1.19. The molecule has 1 aromatic rings. The van der Waals surface area contributed by atoms with Crippen molar-refractivity contribution in [3.8, 4) is 11.5 Å². The van der Waals surface area contributed by atoms with Crippen molar-refractivity contribution >= 4 is 17.3 Å². The number of ketones is 2. The van der Waals surface area contributed by atoms with Gasteiger partial charge in [-0.3, -0.25) is 9.59 Å². The van der Waals surface area contributed by atoms with Crippen LogP contribution in [0.3, 0.4) is 0 Å². The molecule has 17 heavy (non-hydrogen) atoms. The fourth-order valence-electron chi connectivity index (χ4n) is 1.93. The molecule has 1 aliphatic heterocycles. The van der Waals surface area contributed by atoms with E-state index in [9.17, 15) is 14.7 Å². The van der Waals surface area contributed by atoms with Gasteiger partial charge in [-0.2, -0.15) is 0 Å². The van der Waals surface area contributed by atoms with E-state index in [4.69, 9.17) is 9.47 Å². The average Bonchev–Trinajstić information content (AvgIpc) is 2.79. The van der Waals surface area contributed by atoms with Crippen LogP contribution in [0.2, 0.25) is 0 Å². The standard InChI is InChI=1S/C12H8O5/c1-5-10(13)6-2-8-9(17-4-16-8)3-7(6)12(15)11(5)14/h2-3,13H,4H2,1H3.